The first-order valence-corrected chi connectivity index (χ1v) is 4.17. The standard InChI is InChI=1S/C9H11N3O/c10-9-11-6-7-12(9)13-8-4-2-1-3-5-8/h1-5H,6-7H2,(H2,10,11). The van der Waals surface area contributed by atoms with E-state index in [2.05, 4.69) is 4.99 Å². The van der Waals surface area contributed by atoms with Crippen LogP contribution in [0, 0.1) is 0 Å². The van der Waals surface area contributed by atoms with E-state index in [1.165, 1.54) is 0 Å². The summed E-state index contributed by atoms with van der Waals surface area (Å²) in [6.45, 7) is 1.43. The minimum atomic E-state index is 0.448. The van der Waals surface area contributed by atoms with Crippen molar-refractivity contribution in [1.82, 2.24) is 5.06 Å². The highest BCUT2D eigenvalue weighted by atomic mass is 16.7. The Hall–Kier alpha value is -1.71. The van der Waals surface area contributed by atoms with Gasteiger partial charge in [0.25, 0.3) is 0 Å². The summed E-state index contributed by atoms with van der Waals surface area (Å²) in [5, 5.41) is 1.59. The molecule has 0 radical (unpaired) electrons. The highest BCUT2D eigenvalue weighted by Crippen LogP contribution is 2.11. The highest BCUT2D eigenvalue weighted by Gasteiger charge is 2.14. The van der Waals surface area contributed by atoms with E-state index in [1.807, 2.05) is 30.3 Å². The van der Waals surface area contributed by atoms with Gasteiger partial charge in [-0.05, 0) is 12.1 Å². The fourth-order valence-corrected chi connectivity index (χ4v) is 1.15. The van der Waals surface area contributed by atoms with Crippen LogP contribution in [0.25, 0.3) is 0 Å². The van der Waals surface area contributed by atoms with Gasteiger partial charge in [-0.1, -0.05) is 18.2 Å². The van der Waals surface area contributed by atoms with Gasteiger partial charge < -0.3 is 10.6 Å². The molecule has 4 heteroatoms. The van der Waals surface area contributed by atoms with Gasteiger partial charge in [-0.25, -0.2) is 4.99 Å². The van der Waals surface area contributed by atoms with Crippen molar-refractivity contribution in [2.45, 2.75) is 0 Å². The molecular weight excluding hydrogens is 166 g/mol. The molecule has 1 aromatic rings. The van der Waals surface area contributed by atoms with E-state index in [4.69, 9.17) is 10.6 Å². The highest BCUT2D eigenvalue weighted by molar-refractivity contribution is 5.78. The molecule has 0 amide bonds. The summed E-state index contributed by atoms with van der Waals surface area (Å²) in [4.78, 5) is 9.47. The van der Waals surface area contributed by atoms with E-state index in [0.29, 0.717) is 12.5 Å². The second kappa shape index (κ2) is 3.35. The maximum absolute atomic E-state index is 5.58. The number of guanidine groups is 1. The summed E-state index contributed by atoms with van der Waals surface area (Å²) in [5.74, 6) is 1.23. The van der Waals surface area contributed by atoms with Crippen molar-refractivity contribution in [3.8, 4) is 5.75 Å². The van der Waals surface area contributed by atoms with Gasteiger partial charge in [0.05, 0.1) is 13.1 Å². The summed E-state index contributed by atoms with van der Waals surface area (Å²) in [6.07, 6.45) is 0. The molecule has 0 saturated heterocycles. The van der Waals surface area contributed by atoms with Crippen LogP contribution in [0.2, 0.25) is 0 Å². The average Bonchev–Trinajstić information content (AvgIpc) is 2.54. The fraction of sp³-hybridized carbons (Fsp3) is 0.222. The Morgan fingerprint density at radius 1 is 1.31 bits per heavy atom. The quantitative estimate of drug-likeness (QED) is 0.720. The zero-order valence-electron chi connectivity index (χ0n) is 7.18. The molecule has 1 aliphatic heterocycles. The van der Waals surface area contributed by atoms with Gasteiger partial charge in [0.15, 0.2) is 5.75 Å². The zero-order chi connectivity index (χ0) is 9.10. The van der Waals surface area contributed by atoms with Crippen molar-refractivity contribution < 1.29 is 4.84 Å². The number of nitrogens with zero attached hydrogens (tertiary/aromatic N) is 2. The van der Waals surface area contributed by atoms with Gasteiger partial charge >= 0.3 is 0 Å². The van der Waals surface area contributed by atoms with E-state index in [0.717, 1.165) is 12.3 Å². The first kappa shape index (κ1) is 7.91. The third kappa shape index (κ3) is 1.72. The number of benzene rings is 1. The SMILES string of the molecule is NC1=NCCN1Oc1ccccc1. The molecule has 2 rings (SSSR count). The lowest BCUT2D eigenvalue weighted by Crippen LogP contribution is -2.36. The minimum Gasteiger partial charge on any atom is -0.377 e. The molecule has 68 valence electrons. The van der Waals surface area contributed by atoms with E-state index in [1.54, 1.807) is 5.06 Å². The molecule has 0 spiro atoms. The van der Waals surface area contributed by atoms with Crippen molar-refractivity contribution in [2.24, 2.45) is 10.7 Å². The summed E-state index contributed by atoms with van der Waals surface area (Å²) < 4.78 is 0. The van der Waals surface area contributed by atoms with Crippen LogP contribution in [0.15, 0.2) is 35.3 Å². The first-order chi connectivity index (χ1) is 6.36. The van der Waals surface area contributed by atoms with Crippen LogP contribution in [0.4, 0.5) is 0 Å². The maximum Gasteiger partial charge on any atom is 0.225 e. The van der Waals surface area contributed by atoms with Crippen molar-refractivity contribution in [1.29, 1.82) is 0 Å². The van der Waals surface area contributed by atoms with Crippen LogP contribution >= 0.6 is 0 Å². The Bertz CT molecular complexity index is 310. The third-order valence-electron chi connectivity index (χ3n) is 1.79. The minimum absolute atomic E-state index is 0.448. The fourth-order valence-electron chi connectivity index (χ4n) is 1.15. The predicted molar refractivity (Wildman–Crippen MR) is 50.3 cm³/mol. The van der Waals surface area contributed by atoms with Crippen molar-refractivity contribution in [3.63, 3.8) is 0 Å². The second-order valence-electron chi connectivity index (χ2n) is 2.75. The molecule has 1 aliphatic rings. The number of hydrogen-bond donors (Lipinski definition) is 1. The van der Waals surface area contributed by atoms with Crippen LogP contribution in [-0.2, 0) is 0 Å². The van der Waals surface area contributed by atoms with Crippen LogP contribution in [0.3, 0.4) is 0 Å². The van der Waals surface area contributed by atoms with Gasteiger partial charge in [-0.2, -0.15) is 5.06 Å². The number of rotatable bonds is 2. The van der Waals surface area contributed by atoms with E-state index in [9.17, 15) is 0 Å². The van der Waals surface area contributed by atoms with Crippen molar-refractivity contribution in [2.75, 3.05) is 13.1 Å². The van der Waals surface area contributed by atoms with Gasteiger partial charge in [-0.3, -0.25) is 0 Å². The van der Waals surface area contributed by atoms with E-state index < -0.39 is 0 Å². The molecular formula is C9H11N3O. The Balaban J connectivity index is 2.03. The second-order valence-corrected chi connectivity index (χ2v) is 2.75. The van der Waals surface area contributed by atoms with Gasteiger partial charge in [0.2, 0.25) is 5.96 Å². The number of nitrogens with two attached hydrogens (primary N) is 1. The number of para-hydroxylation sites is 1. The predicted octanol–water partition coefficient (Wildman–Crippen LogP) is 0.611. The smallest absolute Gasteiger partial charge is 0.225 e. The van der Waals surface area contributed by atoms with Crippen LogP contribution in [-0.4, -0.2) is 24.1 Å². The van der Waals surface area contributed by atoms with Crippen LogP contribution in [0.1, 0.15) is 0 Å². The van der Waals surface area contributed by atoms with Crippen LogP contribution < -0.4 is 10.6 Å². The van der Waals surface area contributed by atoms with Gasteiger partial charge in [0, 0.05) is 0 Å². The van der Waals surface area contributed by atoms with Crippen molar-refractivity contribution in [3.05, 3.63) is 30.3 Å². The van der Waals surface area contributed by atoms with Crippen LogP contribution in [0.5, 0.6) is 5.75 Å². The Morgan fingerprint density at radius 3 is 2.69 bits per heavy atom. The molecule has 0 saturated carbocycles. The maximum atomic E-state index is 5.58. The topological polar surface area (TPSA) is 50.8 Å². The molecule has 0 aromatic heterocycles. The summed E-state index contributed by atoms with van der Waals surface area (Å²) in [6, 6.07) is 9.53. The largest absolute Gasteiger partial charge is 0.377 e. The molecule has 0 unspecified atom stereocenters. The van der Waals surface area contributed by atoms with Gasteiger partial charge in [0.1, 0.15) is 0 Å². The molecule has 0 atom stereocenters. The lowest BCUT2D eigenvalue weighted by atomic mass is 10.3. The molecule has 13 heavy (non-hydrogen) atoms. The lowest BCUT2D eigenvalue weighted by Gasteiger charge is -2.17. The monoisotopic (exact) mass is 177 g/mol. The van der Waals surface area contributed by atoms with Crippen molar-refractivity contribution >= 4 is 5.96 Å². The summed E-state index contributed by atoms with van der Waals surface area (Å²) in [5.41, 5.74) is 5.58. The van der Waals surface area contributed by atoms with E-state index >= 15 is 0 Å². The molecule has 0 fully saturated rings. The first-order valence-electron chi connectivity index (χ1n) is 4.17. The Kier molecular flexibility index (Phi) is 2.04. The normalized spacial score (nSPS) is 15.7. The third-order valence-corrected chi connectivity index (χ3v) is 1.79. The summed E-state index contributed by atoms with van der Waals surface area (Å²) >= 11 is 0. The molecule has 1 aromatic carbocycles. The molecule has 2 N–H and O–H groups in total. The molecule has 0 bridgehead atoms. The van der Waals surface area contributed by atoms with E-state index in [-0.39, 0.29) is 0 Å². The van der Waals surface area contributed by atoms with Gasteiger partial charge in [-0.15, -0.1) is 0 Å². The summed E-state index contributed by atoms with van der Waals surface area (Å²) in [7, 11) is 0. The number of hydrogen-bond acceptors (Lipinski definition) is 4. The Labute approximate surface area is 76.6 Å². The molecule has 1 heterocycles. The molecule has 4 nitrogen and oxygen atoms in total. The zero-order valence-corrected chi connectivity index (χ0v) is 7.18. The Morgan fingerprint density at radius 2 is 2.08 bits per heavy atom. The average molecular weight is 177 g/mol. The number of aliphatic imine (C=N–C) groups is 1. The molecule has 0 aliphatic carbocycles. The number of hydroxylamine groups is 2. The lowest BCUT2D eigenvalue weighted by molar-refractivity contribution is 0.0297.